The highest BCUT2D eigenvalue weighted by Gasteiger charge is 2.27. The predicted octanol–water partition coefficient (Wildman–Crippen LogP) is 3.29. The van der Waals surface area contributed by atoms with Crippen LogP contribution in [0, 0.1) is 0 Å². The molecule has 1 aliphatic carbocycles. The molecule has 0 unspecified atom stereocenters. The third-order valence-corrected chi connectivity index (χ3v) is 4.82. The molecule has 1 atom stereocenters. The van der Waals surface area contributed by atoms with E-state index < -0.39 is 0 Å². The molecule has 0 bridgehead atoms. The van der Waals surface area contributed by atoms with Crippen LogP contribution in [0.15, 0.2) is 29.0 Å². The van der Waals surface area contributed by atoms with Crippen molar-refractivity contribution in [2.45, 2.75) is 44.9 Å². The molecule has 2 heterocycles. The molecule has 1 aliphatic rings. The monoisotopic (exact) mass is 351 g/mol. The van der Waals surface area contributed by atoms with Crippen molar-refractivity contribution < 1.29 is 9.32 Å². The van der Waals surface area contributed by atoms with Gasteiger partial charge in [-0.3, -0.25) is 9.48 Å². The number of fused-ring (bicyclic) bond motifs is 1. The summed E-state index contributed by atoms with van der Waals surface area (Å²) in [7, 11) is 1.76. The van der Waals surface area contributed by atoms with E-state index in [1.54, 1.807) is 18.1 Å². The highest BCUT2D eigenvalue weighted by Crippen LogP contribution is 2.37. The van der Waals surface area contributed by atoms with Crippen LogP contribution >= 0.6 is 0 Å². The van der Waals surface area contributed by atoms with Crippen LogP contribution in [0.4, 0.5) is 0 Å². The van der Waals surface area contributed by atoms with E-state index in [1.165, 1.54) is 11.1 Å². The minimum absolute atomic E-state index is 0.00716. The standard InChI is InChI=1S/C19H21N5O2/c1-11(2)19-21-17(23-26-19)14-6-7-15-12(8-14)4-5-13(15)9-16(25)18-20-10-24(3)22-18/h6-8,10-11,13H,4-5,9H2,1-3H3/t13-/m0/s1. The van der Waals surface area contributed by atoms with E-state index >= 15 is 0 Å². The van der Waals surface area contributed by atoms with Gasteiger partial charge in [0, 0.05) is 24.9 Å². The van der Waals surface area contributed by atoms with E-state index in [9.17, 15) is 4.79 Å². The molecule has 134 valence electrons. The molecule has 0 N–H and O–H groups in total. The van der Waals surface area contributed by atoms with Crippen molar-refractivity contribution in [3.8, 4) is 11.4 Å². The first-order valence-corrected chi connectivity index (χ1v) is 8.87. The van der Waals surface area contributed by atoms with Crippen molar-refractivity contribution in [3.63, 3.8) is 0 Å². The maximum atomic E-state index is 12.4. The Morgan fingerprint density at radius 2 is 2.23 bits per heavy atom. The average molecular weight is 351 g/mol. The second kappa shape index (κ2) is 6.48. The quantitative estimate of drug-likeness (QED) is 0.656. The Balaban J connectivity index is 1.53. The second-order valence-corrected chi connectivity index (χ2v) is 7.13. The lowest BCUT2D eigenvalue weighted by Gasteiger charge is -2.10. The van der Waals surface area contributed by atoms with E-state index in [4.69, 9.17) is 4.52 Å². The molecule has 0 fully saturated rings. The summed E-state index contributed by atoms with van der Waals surface area (Å²) in [5, 5.41) is 8.19. The van der Waals surface area contributed by atoms with Gasteiger partial charge in [0.25, 0.3) is 0 Å². The summed E-state index contributed by atoms with van der Waals surface area (Å²) in [5.74, 6) is 1.98. The zero-order valence-corrected chi connectivity index (χ0v) is 15.1. The summed E-state index contributed by atoms with van der Waals surface area (Å²) in [6.45, 7) is 4.05. The van der Waals surface area contributed by atoms with E-state index in [-0.39, 0.29) is 17.6 Å². The molecule has 0 saturated carbocycles. The molecule has 0 amide bonds. The molecule has 2 aromatic heterocycles. The van der Waals surface area contributed by atoms with Gasteiger partial charge in [-0.1, -0.05) is 31.1 Å². The summed E-state index contributed by atoms with van der Waals surface area (Å²) in [4.78, 5) is 20.9. The van der Waals surface area contributed by atoms with Crippen LogP contribution < -0.4 is 0 Å². The number of hydrogen-bond acceptors (Lipinski definition) is 6. The number of benzene rings is 1. The zero-order chi connectivity index (χ0) is 18.3. The molecule has 0 aliphatic heterocycles. The number of rotatable bonds is 5. The maximum absolute atomic E-state index is 12.4. The molecule has 26 heavy (non-hydrogen) atoms. The van der Waals surface area contributed by atoms with Gasteiger partial charge in [0.05, 0.1) is 0 Å². The van der Waals surface area contributed by atoms with Gasteiger partial charge < -0.3 is 4.52 Å². The van der Waals surface area contributed by atoms with Crippen LogP contribution in [0.5, 0.6) is 0 Å². The molecule has 3 aromatic rings. The van der Waals surface area contributed by atoms with Gasteiger partial charge >= 0.3 is 0 Å². The Morgan fingerprint density at radius 1 is 1.38 bits per heavy atom. The summed E-state index contributed by atoms with van der Waals surface area (Å²) in [6.07, 6.45) is 3.90. The lowest BCUT2D eigenvalue weighted by molar-refractivity contribution is 0.0963. The number of ketones is 1. The summed E-state index contributed by atoms with van der Waals surface area (Å²) < 4.78 is 6.86. The van der Waals surface area contributed by atoms with Gasteiger partial charge in [0.2, 0.25) is 23.3 Å². The second-order valence-electron chi connectivity index (χ2n) is 7.13. The first kappa shape index (κ1) is 16.6. The van der Waals surface area contributed by atoms with Crippen LogP contribution in [0.1, 0.15) is 66.2 Å². The van der Waals surface area contributed by atoms with Crippen molar-refractivity contribution in [2.75, 3.05) is 0 Å². The maximum Gasteiger partial charge on any atom is 0.229 e. The predicted molar refractivity (Wildman–Crippen MR) is 94.8 cm³/mol. The van der Waals surface area contributed by atoms with Crippen LogP contribution in [0.25, 0.3) is 11.4 Å². The molecule has 0 radical (unpaired) electrons. The topological polar surface area (TPSA) is 86.7 Å². The first-order chi connectivity index (χ1) is 12.5. The fourth-order valence-corrected chi connectivity index (χ4v) is 3.43. The van der Waals surface area contributed by atoms with Gasteiger partial charge in [-0.2, -0.15) is 4.98 Å². The Morgan fingerprint density at radius 3 is 2.92 bits per heavy atom. The zero-order valence-electron chi connectivity index (χ0n) is 15.1. The highest BCUT2D eigenvalue weighted by atomic mass is 16.5. The van der Waals surface area contributed by atoms with E-state index in [0.29, 0.717) is 24.0 Å². The number of carbonyl (C=O) groups is 1. The van der Waals surface area contributed by atoms with Crippen molar-refractivity contribution in [1.29, 1.82) is 0 Å². The smallest absolute Gasteiger partial charge is 0.229 e. The summed E-state index contributed by atoms with van der Waals surface area (Å²) in [6, 6.07) is 6.22. The van der Waals surface area contributed by atoms with Crippen LogP contribution in [-0.2, 0) is 13.5 Å². The number of carbonyl (C=O) groups excluding carboxylic acids is 1. The molecule has 7 nitrogen and oxygen atoms in total. The molecule has 0 saturated heterocycles. The van der Waals surface area contributed by atoms with Crippen LogP contribution in [0.3, 0.4) is 0 Å². The number of aryl methyl sites for hydroxylation is 2. The minimum atomic E-state index is -0.00716. The van der Waals surface area contributed by atoms with Gasteiger partial charge in [0.1, 0.15) is 6.33 Å². The van der Waals surface area contributed by atoms with Gasteiger partial charge in [0.15, 0.2) is 0 Å². The number of aromatic nitrogens is 5. The molecular weight excluding hydrogens is 330 g/mol. The number of nitrogens with zero attached hydrogens (tertiary/aromatic N) is 5. The Kier molecular flexibility index (Phi) is 4.14. The first-order valence-electron chi connectivity index (χ1n) is 8.87. The van der Waals surface area contributed by atoms with Gasteiger partial charge in [-0.05, 0) is 36.0 Å². The third kappa shape index (κ3) is 3.05. The Bertz CT molecular complexity index is 957. The average Bonchev–Trinajstić information content (AvgIpc) is 3.34. The molecule has 7 heteroatoms. The van der Waals surface area contributed by atoms with E-state index in [0.717, 1.165) is 18.4 Å². The summed E-state index contributed by atoms with van der Waals surface area (Å²) in [5.41, 5.74) is 3.44. The Hall–Kier alpha value is -2.83. The van der Waals surface area contributed by atoms with E-state index in [1.807, 2.05) is 19.9 Å². The SMILES string of the molecule is CC(C)c1nc(-c2ccc3c(c2)CC[C@H]3CC(=O)c2ncn(C)n2)no1. The van der Waals surface area contributed by atoms with Gasteiger partial charge in [-0.25, -0.2) is 4.98 Å². The Labute approximate surface area is 151 Å². The third-order valence-electron chi connectivity index (χ3n) is 4.82. The molecular formula is C19H21N5O2. The fraction of sp³-hybridized carbons (Fsp3) is 0.421. The van der Waals surface area contributed by atoms with Crippen molar-refractivity contribution in [2.24, 2.45) is 7.05 Å². The lowest BCUT2D eigenvalue weighted by atomic mass is 9.94. The number of Topliss-reactive ketones (excluding diaryl/α,β-unsaturated/α-hetero) is 1. The highest BCUT2D eigenvalue weighted by molar-refractivity contribution is 5.93. The molecule has 1 aromatic carbocycles. The van der Waals surface area contributed by atoms with Crippen molar-refractivity contribution >= 4 is 5.78 Å². The lowest BCUT2D eigenvalue weighted by Crippen LogP contribution is -2.08. The molecule has 4 rings (SSSR count). The largest absolute Gasteiger partial charge is 0.339 e. The van der Waals surface area contributed by atoms with E-state index in [2.05, 4.69) is 32.4 Å². The van der Waals surface area contributed by atoms with Crippen LogP contribution in [-0.4, -0.2) is 30.7 Å². The van der Waals surface area contributed by atoms with Crippen molar-refractivity contribution in [1.82, 2.24) is 24.9 Å². The minimum Gasteiger partial charge on any atom is -0.339 e. The fourth-order valence-electron chi connectivity index (χ4n) is 3.43. The van der Waals surface area contributed by atoms with Gasteiger partial charge in [-0.15, -0.1) is 5.10 Å². The normalized spacial score (nSPS) is 16.2. The van der Waals surface area contributed by atoms with Crippen LogP contribution in [0.2, 0.25) is 0 Å². The summed E-state index contributed by atoms with van der Waals surface area (Å²) >= 11 is 0. The molecule has 0 spiro atoms. The number of hydrogen-bond donors (Lipinski definition) is 0. The van der Waals surface area contributed by atoms with Crippen molar-refractivity contribution in [3.05, 3.63) is 47.4 Å².